The molecule has 3 atom stereocenters. The number of benzene rings is 1. The predicted molar refractivity (Wildman–Crippen MR) is 83.1 cm³/mol. The minimum absolute atomic E-state index is 0.0753. The van der Waals surface area contributed by atoms with E-state index in [9.17, 15) is 0 Å². The molecule has 1 spiro atoms. The number of para-hydroxylation sites is 1. The van der Waals surface area contributed by atoms with E-state index in [1.165, 1.54) is 37.7 Å². The van der Waals surface area contributed by atoms with Crippen LogP contribution < -0.4 is 10.1 Å². The van der Waals surface area contributed by atoms with E-state index in [0.717, 1.165) is 24.6 Å². The second-order valence-corrected chi connectivity index (χ2v) is 6.67. The molecule has 2 heteroatoms. The van der Waals surface area contributed by atoms with E-state index in [0.29, 0.717) is 6.04 Å². The van der Waals surface area contributed by atoms with Gasteiger partial charge in [0, 0.05) is 18.0 Å². The summed E-state index contributed by atoms with van der Waals surface area (Å²) in [6.07, 6.45) is 7.53. The van der Waals surface area contributed by atoms with Crippen LogP contribution in [0.4, 0.5) is 0 Å². The molecule has 0 radical (unpaired) electrons. The lowest BCUT2D eigenvalue weighted by molar-refractivity contribution is 0.0156. The summed E-state index contributed by atoms with van der Waals surface area (Å²) in [5, 5.41) is 3.66. The first-order valence-corrected chi connectivity index (χ1v) is 8.24. The average molecular weight is 273 g/mol. The highest BCUT2D eigenvalue weighted by Crippen LogP contribution is 2.45. The number of hydrogen-bond acceptors (Lipinski definition) is 2. The van der Waals surface area contributed by atoms with Gasteiger partial charge in [-0.2, -0.15) is 0 Å². The molecule has 1 aromatic carbocycles. The lowest BCUT2D eigenvalue weighted by Gasteiger charge is -2.42. The van der Waals surface area contributed by atoms with Crippen molar-refractivity contribution < 1.29 is 4.74 Å². The van der Waals surface area contributed by atoms with Gasteiger partial charge in [0.25, 0.3) is 0 Å². The van der Waals surface area contributed by atoms with Crippen LogP contribution >= 0.6 is 0 Å². The van der Waals surface area contributed by atoms with E-state index in [2.05, 4.69) is 43.4 Å². The minimum atomic E-state index is 0.0753. The van der Waals surface area contributed by atoms with Gasteiger partial charge in [-0.1, -0.05) is 38.5 Å². The van der Waals surface area contributed by atoms with Gasteiger partial charge in [0.05, 0.1) is 0 Å². The first kappa shape index (κ1) is 13.9. The van der Waals surface area contributed by atoms with E-state index < -0.39 is 0 Å². The molecule has 1 aliphatic carbocycles. The molecule has 1 fully saturated rings. The van der Waals surface area contributed by atoms with Crippen LogP contribution in [0.1, 0.15) is 64.0 Å². The van der Waals surface area contributed by atoms with Crippen molar-refractivity contribution in [1.82, 2.24) is 5.32 Å². The molecule has 20 heavy (non-hydrogen) atoms. The van der Waals surface area contributed by atoms with E-state index in [1.807, 2.05) is 0 Å². The summed E-state index contributed by atoms with van der Waals surface area (Å²) in [6.45, 7) is 5.60. The fourth-order valence-electron chi connectivity index (χ4n) is 3.90. The molecule has 1 N–H and O–H groups in total. The third kappa shape index (κ3) is 2.71. The summed E-state index contributed by atoms with van der Waals surface area (Å²) < 4.78 is 6.53. The molecule has 1 aliphatic heterocycles. The first-order valence-electron chi connectivity index (χ1n) is 8.24. The highest BCUT2D eigenvalue weighted by atomic mass is 16.5. The minimum Gasteiger partial charge on any atom is -0.487 e. The SMILES string of the molecule is CCNC1CC2(CCCC(C)CC2)Oc2ccccc21. The Bertz CT molecular complexity index is 458. The first-order chi connectivity index (χ1) is 9.72. The van der Waals surface area contributed by atoms with Crippen molar-refractivity contribution in [3.05, 3.63) is 29.8 Å². The van der Waals surface area contributed by atoms with Crippen molar-refractivity contribution >= 4 is 0 Å². The summed E-state index contributed by atoms with van der Waals surface area (Å²) in [4.78, 5) is 0. The van der Waals surface area contributed by atoms with Gasteiger partial charge in [-0.15, -0.1) is 0 Å². The van der Waals surface area contributed by atoms with Gasteiger partial charge in [0.2, 0.25) is 0 Å². The molecule has 0 amide bonds. The molecule has 1 aromatic rings. The molecule has 0 saturated heterocycles. The van der Waals surface area contributed by atoms with E-state index in [4.69, 9.17) is 4.74 Å². The highest BCUT2D eigenvalue weighted by molar-refractivity contribution is 5.39. The average Bonchev–Trinajstić information content (AvgIpc) is 2.62. The zero-order chi connectivity index (χ0) is 14.0. The van der Waals surface area contributed by atoms with E-state index >= 15 is 0 Å². The fourth-order valence-corrected chi connectivity index (χ4v) is 3.90. The largest absolute Gasteiger partial charge is 0.487 e. The lowest BCUT2D eigenvalue weighted by Crippen LogP contribution is -2.44. The summed E-state index contributed by atoms with van der Waals surface area (Å²) >= 11 is 0. The molecule has 3 rings (SSSR count). The van der Waals surface area contributed by atoms with Crippen molar-refractivity contribution in [2.24, 2.45) is 5.92 Å². The Morgan fingerprint density at radius 2 is 2.10 bits per heavy atom. The lowest BCUT2D eigenvalue weighted by atomic mass is 9.82. The summed E-state index contributed by atoms with van der Waals surface area (Å²) in [7, 11) is 0. The quantitative estimate of drug-likeness (QED) is 0.859. The summed E-state index contributed by atoms with van der Waals surface area (Å²) in [5.41, 5.74) is 1.42. The zero-order valence-corrected chi connectivity index (χ0v) is 12.8. The molecule has 110 valence electrons. The van der Waals surface area contributed by atoms with Crippen LogP contribution in [0.2, 0.25) is 0 Å². The molecule has 1 saturated carbocycles. The van der Waals surface area contributed by atoms with Crippen LogP contribution in [0.5, 0.6) is 5.75 Å². The van der Waals surface area contributed by atoms with Crippen LogP contribution in [0.15, 0.2) is 24.3 Å². The van der Waals surface area contributed by atoms with E-state index in [1.54, 1.807) is 0 Å². The van der Waals surface area contributed by atoms with Crippen molar-refractivity contribution in [3.63, 3.8) is 0 Å². The Labute approximate surface area is 122 Å². The highest BCUT2D eigenvalue weighted by Gasteiger charge is 2.41. The molecular weight excluding hydrogens is 246 g/mol. The van der Waals surface area contributed by atoms with Crippen LogP contribution in [0, 0.1) is 5.92 Å². The Kier molecular flexibility index (Phi) is 4.02. The van der Waals surface area contributed by atoms with Gasteiger partial charge < -0.3 is 10.1 Å². The monoisotopic (exact) mass is 273 g/mol. The van der Waals surface area contributed by atoms with Gasteiger partial charge in [0.15, 0.2) is 0 Å². The van der Waals surface area contributed by atoms with Crippen molar-refractivity contribution in [1.29, 1.82) is 0 Å². The molecular formula is C18H27NO. The van der Waals surface area contributed by atoms with E-state index in [-0.39, 0.29) is 5.60 Å². The predicted octanol–water partition coefficient (Wildman–Crippen LogP) is 4.46. The molecule has 0 bridgehead atoms. The zero-order valence-electron chi connectivity index (χ0n) is 12.8. The topological polar surface area (TPSA) is 21.3 Å². The second kappa shape index (κ2) is 5.77. The molecule has 1 heterocycles. The second-order valence-electron chi connectivity index (χ2n) is 6.67. The molecule has 0 aromatic heterocycles. The Balaban J connectivity index is 1.88. The Morgan fingerprint density at radius 1 is 1.25 bits per heavy atom. The summed E-state index contributed by atoms with van der Waals surface area (Å²) in [5.74, 6) is 1.96. The molecule has 2 aliphatic rings. The number of fused-ring (bicyclic) bond motifs is 1. The standard InChI is InChI=1S/C18H27NO/c1-3-19-16-13-18(11-6-7-14(2)10-12-18)20-17-9-5-4-8-15(16)17/h4-5,8-9,14,16,19H,3,6-7,10-13H2,1-2H3. The number of hydrogen-bond donors (Lipinski definition) is 1. The maximum atomic E-state index is 6.53. The van der Waals surface area contributed by atoms with Gasteiger partial charge in [-0.3, -0.25) is 0 Å². The number of ether oxygens (including phenoxy) is 1. The summed E-state index contributed by atoms with van der Waals surface area (Å²) in [6, 6.07) is 9.04. The fraction of sp³-hybridized carbons (Fsp3) is 0.667. The normalized spacial score (nSPS) is 33.3. The molecule has 2 nitrogen and oxygen atoms in total. The van der Waals surface area contributed by atoms with Crippen molar-refractivity contribution in [2.75, 3.05) is 6.54 Å². The maximum Gasteiger partial charge on any atom is 0.124 e. The van der Waals surface area contributed by atoms with Crippen LogP contribution in [-0.4, -0.2) is 12.1 Å². The third-order valence-electron chi connectivity index (χ3n) is 5.07. The van der Waals surface area contributed by atoms with Gasteiger partial charge in [-0.25, -0.2) is 0 Å². The Morgan fingerprint density at radius 3 is 2.95 bits per heavy atom. The number of rotatable bonds is 2. The molecule has 3 unspecified atom stereocenters. The van der Waals surface area contributed by atoms with Gasteiger partial charge >= 0.3 is 0 Å². The van der Waals surface area contributed by atoms with Crippen molar-refractivity contribution in [3.8, 4) is 5.75 Å². The number of nitrogens with one attached hydrogen (secondary N) is 1. The van der Waals surface area contributed by atoms with Gasteiger partial charge in [0.1, 0.15) is 11.4 Å². The smallest absolute Gasteiger partial charge is 0.124 e. The van der Waals surface area contributed by atoms with Crippen molar-refractivity contribution in [2.45, 2.75) is 64.0 Å². The Hall–Kier alpha value is -1.02. The van der Waals surface area contributed by atoms with Crippen LogP contribution in [-0.2, 0) is 0 Å². The maximum absolute atomic E-state index is 6.53. The van der Waals surface area contributed by atoms with Gasteiger partial charge in [-0.05, 0) is 44.2 Å². The van der Waals surface area contributed by atoms with Crippen LogP contribution in [0.25, 0.3) is 0 Å². The third-order valence-corrected chi connectivity index (χ3v) is 5.07. The van der Waals surface area contributed by atoms with Crippen LogP contribution in [0.3, 0.4) is 0 Å².